The van der Waals surface area contributed by atoms with Gasteiger partial charge >= 0.3 is 5.97 Å². The van der Waals surface area contributed by atoms with Crippen LogP contribution in [0.2, 0.25) is 0 Å². The van der Waals surface area contributed by atoms with Gasteiger partial charge in [-0.1, -0.05) is 39.0 Å². The van der Waals surface area contributed by atoms with Gasteiger partial charge in [0.05, 0.1) is 6.61 Å². The summed E-state index contributed by atoms with van der Waals surface area (Å²) in [5.74, 6) is -1.47. The quantitative estimate of drug-likeness (QED) is 0.351. The minimum Gasteiger partial charge on any atom is -0.465 e. The third kappa shape index (κ3) is 5.43. The average Bonchev–Trinajstić information content (AvgIpc) is 2.74. The maximum absolute atomic E-state index is 11.9. The molecule has 4 heteroatoms. The van der Waals surface area contributed by atoms with Crippen LogP contribution in [0.3, 0.4) is 0 Å². The van der Waals surface area contributed by atoms with E-state index in [1.807, 2.05) is 0 Å². The topological polar surface area (TPSA) is 60.4 Å². The summed E-state index contributed by atoms with van der Waals surface area (Å²) in [6.07, 6.45) is 7.75. The van der Waals surface area contributed by atoms with Gasteiger partial charge in [0.15, 0.2) is 0 Å². The van der Waals surface area contributed by atoms with Crippen LogP contribution in [0.4, 0.5) is 0 Å². The molecule has 1 aliphatic heterocycles. The largest absolute Gasteiger partial charge is 0.465 e. The molecular formula is C16H26O4. The van der Waals surface area contributed by atoms with E-state index in [0.717, 1.165) is 12.8 Å². The highest BCUT2D eigenvalue weighted by Crippen LogP contribution is 2.27. The fourth-order valence-electron chi connectivity index (χ4n) is 2.74. The third-order valence-electron chi connectivity index (χ3n) is 3.90. The molecule has 4 nitrogen and oxygen atoms in total. The number of unbranched alkanes of at least 4 members (excludes halogenated alkanes) is 5. The predicted molar refractivity (Wildman–Crippen MR) is 76.2 cm³/mol. The van der Waals surface area contributed by atoms with Gasteiger partial charge in [-0.3, -0.25) is 14.4 Å². The molecule has 0 aromatic carbocycles. The Labute approximate surface area is 121 Å². The van der Waals surface area contributed by atoms with E-state index in [2.05, 4.69) is 6.92 Å². The van der Waals surface area contributed by atoms with Crippen molar-refractivity contribution in [2.45, 2.75) is 65.2 Å². The third-order valence-corrected chi connectivity index (χ3v) is 3.90. The molecule has 0 amide bonds. The van der Waals surface area contributed by atoms with Crippen molar-refractivity contribution >= 4 is 17.5 Å². The fourth-order valence-corrected chi connectivity index (χ4v) is 2.74. The molecule has 1 heterocycles. The molecule has 0 aromatic heterocycles. The van der Waals surface area contributed by atoms with Crippen LogP contribution >= 0.6 is 0 Å². The summed E-state index contributed by atoms with van der Waals surface area (Å²) in [6, 6.07) is 0. The van der Waals surface area contributed by atoms with Gasteiger partial charge in [0.25, 0.3) is 0 Å². The Morgan fingerprint density at radius 2 is 1.80 bits per heavy atom. The Balaban J connectivity index is 2.22. The van der Waals surface area contributed by atoms with Crippen molar-refractivity contribution in [3.63, 3.8) is 0 Å². The monoisotopic (exact) mass is 282 g/mol. The van der Waals surface area contributed by atoms with Crippen molar-refractivity contribution in [3.8, 4) is 0 Å². The Bertz CT molecular complexity index is 348. The molecule has 1 aliphatic rings. The number of hydrogen-bond donors (Lipinski definition) is 0. The Hall–Kier alpha value is -1.19. The zero-order valence-electron chi connectivity index (χ0n) is 12.7. The lowest BCUT2D eigenvalue weighted by molar-refractivity contribution is -0.144. The second-order valence-electron chi connectivity index (χ2n) is 5.74. The lowest BCUT2D eigenvalue weighted by Crippen LogP contribution is -2.25. The van der Waals surface area contributed by atoms with Crippen molar-refractivity contribution in [2.24, 2.45) is 11.8 Å². The summed E-state index contributed by atoms with van der Waals surface area (Å²) >= 11 is 0. The van der Waals surface area contributed by atoms with E-state index in [0.29, 0.717) is 12.8 Å². The van der Waals surface area contributed by atoms with Crippen LogP contribution in [0.1, 0.15) is 65.2 Å². The summed E-state index contributed by atoms with van der Waals surface area (Å²) in [6.45, 7) is 3.79. The van der Waals surface area contributed by atoms with E-state index in [-0.39, 0.29) is 24.1 Å². The number of Topliss-reactive ketones (excluding diaryl/α,β-unsaturated/α-hetero) is 2. The standard InChI is InChI=1S/C16H26O4/c1-3-4-5-6-7-8-9-14(18)10-13-11-20-16(19)15(13)12(2)17/h13,15H,3-11H2,1-2H3/t13-,15+/m0/s1. The second kappa shape index (κ2) is 8.88. The number of carbonyl (C=O) groups is 3. The number of rotatable bonds is 10. The molecule has 20 heavy (non-hydrogen) atoms. The molecule has 0 bridgehead atoms. The van der Waals surface area contributed by atoms with Crippen LogP contribution in [0, 0.1) is 11.8 Å². The molecule has 0 aromatic rings. The maximum atomic E-state index is 11.9. The van der Waals surface area contributed by atoms with Gasteiger partial charge in [-0.15, -0.1) is 0 Å². The number of ether oxygens (including phenoxy) is 1. The molecule has 0 spiro atoms. The summed E-state index contributed by atoms with van der Waals surface area (Å²) in [5, 5.41) is 0. The summed E-state index contributed by atoms with van der Waals surface area (Å²) < 4.78 is 4.90. The van der Waals surface area contributed by atoms with Crippen LogP contribution < -0.4 is 0 Å². The second-order valence-corrected chi connectivity index (χ2v) is 5.74. The highest BCUT2D eigenvalue weighted by Gasteiger charge is 2.40. The highest BCUT2D eigenvalue weighted by atomic mass is 16.5. The summed E-state index contributed by atoms with van der Waals surface area (Å²) in [5.41, 5.74) is 0. The van der Waals surface area contributed by atoms with Gasteiger partial charge in [-0.05, 0) is 13.3 Å². The maximum Gasteiger partial charge on any atom is 0.316 e. The summed E-state index contributed by atoms with van der Waals surface area (Å²) in [4.78, 5) is 34.7. The van der Waals surface area contributed by atoms with E-state index < -0.39 is 11.9 Å². The number of ketones is 2. The van der Waals surface area contributed by atoms with E-state index in [1.165, 1.54) is 32.6 Å². The van der Waals surface area contributed by atoms with E-state index in [9.17, 15) is 14.4 Å². The first-order valence-corrected chi connectivity index (χ1v) is 7.75. The fraction of sp³-hybridized carbons (Fsp3) is 0.812. The lowest BCUT2D eigenvalue weighted by Gasteiger charge is -2.11. The number of esters is 1. The molecule has 1 saturated heterocycles. The first kappa shape index (κ1) is 16.9. The van der Waals surface area contributed by atoms with Crippen LogP contribution in [-0.2, 0) is 19.1 Å². The molecule has 0 saturated carbocycles. The molecule has 1 fully saturated rings. The normalized spacial score (nSPS) is 21.8. The van der Waals surface area contributed by atoms with Crippen LogP contribution in [0.25, 0.3) is 0 Å². The summed E-state index contributed by atoms with van der Waals surface area (Å²) in [7, 11) is 0. The zero-order valence-corrected chi connectivity index (χ0v) is 12.7. The van der Waals surface area contributed by atoms with Gasteiger partial charge in [0.2, 0.25) is 0 Å². The molecule has 2 atom stereocenters. The molecule has 1 rings (SSSR count). The number of hydrogen-bond acceptors (Lipinski definition) is 4. The van der Waals surface area contributed by atoms with Gasteiger partial charge in [-0.2, -0.15) is 0 Å². The Morgan fingerprint density at radius 1 is 1.15 bits per heavy atom. The highest BCUT2D eigenvalue weighted by molar-refractivity contribution is 5.99. The minimum absolute atomic E-state index is 0.148. The Morgan fingerprint density at radius 3 is 2.45 bits per heavy atom. The lowest BCUT2D eigenvalue weighted by atomic mass is 9.87. The SMILES string of the molecule is CCCCCCCCC(=O)C[C@H]1COC(=O)[C@@H]1C(C)=O. The van der Waals surface area contributed by atoms with Crippen molar-refractivity contribution in [3.05, 3.63) is 0 Å². The van der Waals surface area contributed by atoms with Gasteiger partial charge in [0.1, 0.15) is 17.5 Å². The van der Waals surface area contributed by atoms with Crippen molar-refractivity contribution in [1.29, 1.82) is 0 Å². The Kier molecular flexibility index (Phi) is 7.48. The molecule has 0 unspecified atom stereocenters. The number of cyclic esters (lactones) is 1. The molecule has 0 aliphatic carbocycles. The van der Waals surface area contributed by atoms with E-state index in [4.69, 9.17) is 4.74 Å². The first-order chi connectivity index (χ1) is 9.56. The average molecular weight is 282 g/mol. The van der Waals surface area contributed by atoms with Gasteiger partial charge in [0, 0.05) is 18.8 Å². The van der Waals surface area contributed by atoms with Crippen LogP contribution in [-0.4, -0.2) is 24.1 Å². The van der Waals surface area contributed by atoms with Crippen LogP contribution in [0.15, 0.2) is 0 Å². The van der Waals surface area contributed by atoms with Gasteiger partial charge < -0.3 is 4.74 Å². The minimum atomic E-state index is -0.719. The molecule has 0 radical (unpaired) electrons. The molecule has 0 N–H and O–H groups in total. The smallest absolute Gasteiger partial charge is 0.316 e. The van der Waals surface area contributed by atoms with E-state index >= 15 is 0 Å². The van der Waals surface area contributed by atoms with Crippen LogP contribution in [0.5, 0.6) is 0 Å². The van der Waals surface area contributed by atoms with Crippen molar-refractivity contribution in [2.75, 3.05) is 6.61 Å². The zero-order chi connectivity index (χ0) is 15.0. The van der Waals surface area contributed by atoms with E-state index in [1.54, 1.807) is 0 Å². The molecular weight excluding hydrogens is 256 g/mol. The van der Waals surface area contributed by atoms with Crippen molar-refractivity contribution in [1.82, 2.24) is 0 Å². The predicted octanol–water partition coefficient (Wildman–Crippen LogP) is 3.07. The molecule has 114 valence electrons. The first-order valence-electron chi connectivity index (χ1n) is 7.75. The number of carbonyl (C=O) groups excluding carboxylic acids is 3. The van der Waals surface area contributed by atoms with Gasteiger partial charge in [-0.25, -0.2) is 0 Å². The van der Waals surface area contributed by atoms with Crippen molar-refractivity contribution < 1.29 is 19.1 Å².